The van der Waals surface area contributed by atoms with Crippen LogP contribution in [0, 0.1) is 11.7 Å². The van der Waals surface area contributed by atoms with E-state index in [4.69, 9.17) is 12.2 Å². The van der Waals surface area contributed by atoms with Crippen LogP contribution in [0.2, 0.25) is 0 Å². The number of anilines is 1. The average molecular weight is 354 g/mol. The third-order valence-electron chi connectivity index (χ3n) is 4.31. The van der Waals surface area contributed by atoms with E-state index in [1.54, 1.807) is 22.9 Å². The fraction of sp³-hybridized carbons (Fsp3) is 0.316. The third kappa shape index (κ3) is 3.79. The van der Waals surface area contributed by atoms with Crippen LogP contribution in [-0.2, 0) is 6.54 Å². The third-order valence-corrected chi connectivity index (χ3v) is 4.63. The Morgan fingerprint density at radius 1 is 1.28 bits per heavy atom. The molecule has 0 atom stereocenters. The van der Waals surface area contributed by atoms with Crippen molar-refractivity contribution < 1.29 is 0 Å². The van der Waals surface area contributed by atoms with Gasteiger partial charge in [-0.3, -0.25) is 9.36 Å². The summed E-state index contributed by atoms with van der Waals surface area (Å²) in [7, 11) is 0. The molecule has 2 aromatic heterocycles. The molecule has 3 aromatic rings. The van der Waals surface area contributed by atoms with E-state index in [9.17, 15) is 4.79 Å². The predicted octanol–water partition coefficient (Wildman–Crippen LogP) is 3.68. The Hall–Kier alpha value is -2.47. The van der Waals surface area contributed by atoms with Gasteiger partial charge in [0.05, 0.1) is 5.39 Å². The van der Waals surface area contributed by atoms with Gasteiger partial charge in [-0.15, -0.1) is 0 Å². The minimum atomic E-state index is -0.0783. The lowest BCUT2D eigenvalue weighted by molar-refractivity contribution is 0.599. The van der Waals surface area contributed by atoms with Crippen LogP contribution < -0.4 is 10.5 Å². The van der Waals surface area contributed by atoms with E-state index in [-0.39, 0.29) is 5.56 Å². The second-order valence-corrected chi connectivity index (χ2v) is 6.45. The van der Waals surface area contributed by atoms with E-state index in [0.717, 1.165) is 19.5 Å². The largest absolute Gasteiger partial charge is 0.372 e. The molecule has 0 aliphatic carbocycles. The monoisotopic (exact) mass is 354 g/mol. The molecular formula is C19H22N4OS. The van der Waals surface area contributed by atoms with Gasteiger partial charge < -0.3 is 9.88 Å². The summed E-state index contributed by atoms with van der Waals surface area (Å²) in [4.78, 5) is 22.2. The summed E-state index contributed by atoms with van der Waals surface area (Å²) < 4.78 is 2.05. The Labute approximate surface area is 152 Å². The van der Waals surface area contributed by atoms with Gasteiger partial charge in [0.1, 0.15) is 5.65 Å². The number of H-pyrrole nitrogens is 1. The standard InChI is InChI=1S/C19H22N4OS/c1-3-22(15-8-4-7-14(2)13-15)11-6-12-23-18(24)16-9-5-10-20-17(16)21-19(23)25/h4-5,7-10,13H,3,6,11-12H2,1-2H3,(H,20,21,25). The fourth-order valence-electron chi connectivity index (χ4n) is 3.00. The lowest BCUT2D eigenvalue weighted by Gasteiger charge is -2.23. The zero-order valence-electron chi connectivity index (χ0n) is 14.5. The summed E-state index contributed by atoms with van der Waals surface area (Å²) >= 11 is 5.34. The number of nitrogens with zero attached hydrogens (tertiary/aromatic N) is 3. The molecule has 3 rings (SSSR count). The van der Waals surface area contributed by atoms with Crippen molar-refractivity contribution in [1.82, 2.24) is 14.5 Å². The number of hydrogen-bond acceptors (Lipinski definition) is 4. The van der Waals surface area contributed by atoms with Crippen LogP contribution in [0.5, 0.6) is 0 Å². The highest BCUT2D eigenvalue weighted by atomic mass is 32.1. The number of aromatic amines is 1. The van der Waals surface area contributed by atoms with E-state index in [1.807, 2.05) is 0 Å². The number of pyridine rings is 1. The first kappa shape index (κ1) is 17.4. The number of hydrogen-bond donors (Lipinski definition) is 1. The lowest BCUT2D eigenvalue weighted by atomic mass is 10.2. The summed E-state index contributed by atoms with van der Waals surface area (Å²) in [6.07, 6.45) is 2.49. The topological polar surface area (TPSA) is 53.9 Å². The molecule has 25 heavy (non-hydrogen) atoms. The molecule has 0 amide bonds. The SMILES string of the molecule is CCN(CCCn1c(=S)[nH]c2ncccc2c1=O)c1cccc(C)c1. The summed E-state index contributed by atoms with van der Waals surface area (Å²) in [5.74, 6) is 0. The van der Waals surface area contributed by atoms with Crippen molar-refractivity contribution in [2.24, 2.45) is 0 Å². The summed E-state index contributed by atoms with van der Waals surface area (Å²) in [6.45, 7) is 6.61. The Morgan fingerprint density at radius 2 is 2.12 bits per heavy atom. The highest BCUT2D eigenvalue weighted by Crippen LogP contribution is 2.16. The molecule has 0 spiro atoms. The molecule has 1 N–H and O–H groups in total. The maximum atomic E-state index is 12.6. The summed E-state index contributed by atoms with van der Waals surface area (Å²) in [5.41, 5.74) is 2.92. The molecule has 1 aromatic carbocycles. The van der Waals surface area contributed by atoms with Gasteiger partial charge in [0.2, 0.25) is 0 Å². The smallest absolute Gasteiger partial charge is 0.263 e. The van der Waals surface area contributed by atoms with Crippen LogP contribution in [0.15, 0.2) is 47.4 Å². The molecule has 2 heterocycles. The van der Waals surface area contributed by atoms with Crippen molar-refractivity contribution in [3.8, 4) is 0 Å². The van der Waals surface area contributed by atoms with Crippen LogP contribution in [0.1, 0.15) is 18.9 Å². The zero-order valence-corrected chi connectivity index (χ0v) is 15.3. The number of rotatable bonds is 6. The van der Waals surface area contributed by atoms with Crippen LogP contribution >= 0.6 is 12.2 Å². The van der Waals surface area contributed by atoms with Gasteiger partial charge in [-0.25, -0.2) is 4.98 Å². The molecule has 0 aliphatic heterocycles. The molecule has 0 saturated carbocycles. The fourth-order valence-corrected chi connectivity index (χ4v) is 3.27. The van der Waals surface area contributed by atoms with Crippen molar-refractivity contribution in [1.29, 1.82) is 0 Å². The van der Waals surface area contributed by atoms with E-state index in [1.165, 1.54) is 11.3 Å². The van der Waals surface area contributed by atoms with E-state index in [0.29, 0.717) is 22.3 Å². The molecule has 6 heteroatoms. The number of nitrogens with one attached hydrogen (secondary N) is 1. The number of fused-ring (bicyclic) bond motifs is 1. The minimum absolute atomic E-state index is 0.0783. The molecule has 0 unspecified atom stereocenters. The molecule has 5 nitrogen and oxygen atoms in total. The Morgan fingerprint density at radius 3 is 2.88 bits per heavy atom. The average Bonchev–Trinajstić information content (AvgIpc) is 2.61. The maximum Gasteiger partial charge on any atom is 0.263 e. The van der Waals surface area contributed by atoms with E-state index in [2.05, 4.69) is 53.0 Å². The molecule has 0 fully saturated rings. The number of aromatic nitrogens is 3. The summed E-state index contributed by atoms with van der Waals surface area (Å²) in [6, 6.07) is 12.0. The first-order valence-corrected chi connectivity index (χ1v) is 8.90. The minimum Gasteiger partial charge on any atom is -0.372 e. The van der Waals surface area contributed by atoms with Crippen molar-refractivity contribution >= 4 is 28.9 Å². The van der Waals surface area contributed by atoms with Crippen LogP contribution in [0.25, 0.3) is 11.0 Å². The molecule has 130 valence electrons. The quantitative estimate of drug-likeness (QED) is 0.686. The van der Waals surface area contributed by atoms with Gasteiger partial charge in [-0.05, 0) is 62.3 Å². The van der Waals surface area contributed by atoms with E-state index >= 15 is 0 Å². The number of aryl methyl sites for hydroxylation is 1. The Kier molecular flexibility index (Phi) is 5.28. The normalized spacial score (nSPS) is 11.0. The Bertz CT molecular complexity index is 992. The van der Waals surface area contributed by atoms with Gasteiger partial charge in [-0.2, -0.15) is 0 Å². The molecule has 0 radical (unpaired) electrons. The van der Waals surface area contributed by atoms with Crippen molar-refractivity contribution in [3.63, 3.8) is 0 Å². The maximum absolute atomic E-state index is 12.6. The van der Waals surface area contributed by atoms with E-state index < -0.39 is 0 Å². The molecule has 0 bridgehead atoms. The lowest BCUT2D eigenvalue weighted by Crippen LogP contribution is -2.28. The molecule has 0 saturated heterocycles. The zero-order chi connectivity index (χ0) is 17.8. The van der Waals surface area contributed by atoms with Gasteiger partial charge in [0, 0.05) is 31.5 Å². The van der Waals surface area contributed by atoms with Crippen LogP contribution in [-0.4, -0.2) is 27.6 Å². The van der Waals surface area contributed by atoms with Gasteiger partial charge in [0.15, 0.2) is 4.77 Å². The Balaban J connectivity index is 1.76. The van der Waals surface area contributed by atoms with Gasteiger partial charge >= 0.3 is 0 Å². The van der Waals surface area contributed by atoms with Crippen LogP contribution in [0.4, 0.5) is 5.69 Å². The van der Waals surface area contributed by atoms with Crippen molar-refractivity contribution in [3.05, 3.63) is 63.3 Å². The first-order chi connectivity index (χ1) is 12.1. The number of benzene rings is 1. The van der Waals surface area contributed by atoms with Gasteiger partial charge in [-0.1, -0.05) is 12.1 Å². The second kappa shape index (κ2) is 7.61. The van der Waals surface area contributed by atoms with Crippen LogP contribution in [0.3, 0.4) is 0 Å². The van der Waals surface area contributed by atoms with Crippen molar-refractivity contribution in [2.45, 2.75) is 26.8 Å². The highest BCUT2D eigenvalue weighted by Gasteiger charge is 2.08. The predicted molar refractivity (Wildman–Crippen MR) is 105 cm³/mol. The highest BCUT2D eigenvalue weighted by molar-refractivity contribution is 7.71. The molecule has 0 aliphatic rings. The van der Waals surface area contributed by atoms with Crippen molar-refractivity contribution in [2.75, 3.05) is 18.0 Å². The molecular weight excluding hydrogens is 332 g/mol. The first-order valence-electron chi connectivity index (χ1n) is 8.49. The second-order valence-electron chi connectivity index (χ2n) is 6.06. The summed E-state index contributed by atoms with van der Waals surface area (Å²) in [5, 5.41) is 0.571. The van der Waals surface area contributed by atoms with Gasteiger partial charge in [0.25, 0.3) is 5.56 Å².